The largest absolute Gasteiger partial charge is 0.297 e. The van der Waals surface area contributed by atoms with Crippen LogP contribution in [0.3, 0.4) is 0 Å². The van der Waals surface area contributed by atoms with Crippen LogP contribution in [0.4, 0.5) is 0 Å². The minimum absolute atomic E-state index is 0.229. The number of Topliss-reactive ketones (excluding diaryl/α,β-unsaturated/α-hetero) is 1. The highest BCUT2D eigenvalue weighted by molar-refractivity contribution is 5.90. The second kappa shape index (κ2) is 6.26. The smallest absolute Gasteiger partial charge is 0.156 e. The predicted molar refractivity (Wildman–Crippen MR) is 66.1 cm³/mol. The van der Waals surface area contributed by atoms with Crippen LogP contribution < -0.4 is 0 Å². The summed E-state index contributed by atoms with van der Waals surface area (Å²) in [6, 6.07) is 0. The van der Waals surface area contributed by atoms with Crippen LogP contribution in [0, 0.1) is 5.92 Å². The minimum atomic E-state index is -0.239. The summed E-state index contributed by atoms with van der Waals surface area (Å²) in [6.07, 6.45) is 3.74. The number of carbonyl (C=O) groups excluding carboxylic acids is 1. The molecule has 0 saturated heterocycles. The van der Waals surface area contributed by atoms with Crippen molar-refractivity contribution in [2.24, 2.45) is 5.92 Å². The molecule has 0 aliphatic heterocycles. The van der Waals surface area contributed by atoms with Gasteiger partial charge in [-0.3, -0.25) is 9.69 Å². The quantitative estimate of drug-likeness (QED) is 0.647. The molecule has 90 valence electrons. The summed E-state index contributed by atoms with van der Waals surface area (Å²) >= 11 is 0. The lowest BCUT2D eigenvalue weighted by molar-refractivity contribution is -0.134. The normalized spacial score (nSPS) is 12.5. The monoisotopic (exact) mass is 213 g/mol. The number of carbonyl (C=O) groups is 1. The molecule has 0 fully saturated rings. The fourth-order valence-electron chi connectivity index (χ4n) is 2.49. The van der Waals surface area contributed by atoms with Gasteiger partial charge in [0, 0.05) is 5.92 Å². The third-order valence-corrected chi connectivity index (χ3v) is 3.84. The summed E-state index contributed by atoms with van der Waals surface area (Å²) in [5, 5.41) is 0. The minimum Gasteiger partial charge on any atom is -0.297 e. The molecule has 0 rings (SSSR count). The van der Waals surface area contributed by atoms with Crippen molar-refractivity contribution < 1.29 is 4.79 Å². The van der Waals surface area contributed by atoms with Crippen LogP contribution in [0.5, 0.6) is 0 Å². The number of hydrogen-bond donors (Lipinski definition) is 0. The molecular formula is C13H27NO. The Balaban J connectivity index is 4.99. The van der Waals surface area contributed by atoms with E-state index in [2.05, 4.69) is 32.6 Å². The van der Waals surface area contributed by atoms with E-state index in [-0.39, 0.29) is 11.5 Å². The molecule has 0 aromatic heterocycles. The Morgan fingerprint density at radius 2 is 1.47 bits per heavy atom. The molecule has 0 aliphatic rings. The summed E-state index contributed by atoms with van der Waals surface area (Å²) in [5.74, 6) is 0.662. The summed E-state index contributed by atoms with van der Waals surface area (Å²) < 4.78 is 0. The van der Waals surface area contributed by atoms with Crippen LogP contribution in [-0.2, 0) is 4.79 Å². The highest BCUT2D eigenvalue weighted by Gasteiger charge is 2.39. The molecule has 0 aliphatic carbocycles. The first-order valence-electron chi connectivity index (χ1n) is 6.21. The Bertz CT molecular complexity index is 191. The summed E-state index contributed by atoms with van der Waals surface area (Å²) in [6.45, 7) is 8.45. The lowest BCUT2D eigenvalue weighted by atomic mass is 9.78. The van der Waals surface area contributed by atoms with Gasteiger partial charge < -0.3 is 0 Å². The van der Waals surface area contributed by atoms with E-state index in [0.29, 0.717) is 5.78 Å². The molecule has 0 bridgehead atoms. The first-order chi connectivity index (χ1) is 6.99. The Labute approximate surface area is 95.0 Å². The van der Waals surface area contributed by atoms with Crippen molar-refractivity contribution in [3.05, 3.63) is 0 Å². The Kier molecular flexibility index (Phi) is 6.11. The van der Waals surface area contributed by atoms with Gasteiger partial charge in [0.25, 0.3) is 0 Å². The van der Waals surface area contributed by atoms with E-state index in [9.17, 15) is 4.79 Å². The van der Waals surface area contributed by atoms with Gasteiger partial charge in [-0.05, 0) is 39.8 Å². The van der Waals surface area contributed by atoms with E-state index >= 15 is 0 Å². The maximum atomic E-state index is 12.5. The van der Waals surface area contributed by atoms with Crippen molar-refractivity contribution in [3.63, 3.8) is 0 Å². The molecule has 15 heavy (non-hydrogen) atoms. The number of ketones is 1. The zero-order valence-electron chi connectivity index (χ0n) is 11.3. The van der Waals surface area contributed by atoms with E-state index < -0.39 is 0 Å². The highest BCUT2D eigenvalue weighted by Crippen LogP contribution is 2.28. The standard InChI is InChI=1S/C13H27NO/c1-7-11(8-2)12(15)13(9-3,10-4)14(5)6/h11H,7-10H2,1-6H3. The third-order valence-electron chi connectivity index (χ3n) is 3.84. The fourth-order valence-corrected chi connectivity index (χ4v) is 2.49. The van der Waals surface area contributed by atoms with Crippen molar-refractivity contribution in [1.82, 2.24) is 4.90 Å². The van der Waals surface area contributed by atoms with Crippen LogP contribution in [-0.4, -0.2) is 30.3 Å². The van der Waals surface area contributed by atoms with Crippen molar-refractivity contribution >= 4 is 5.78 Å². The van der Waals surface area contributed by atoms with Gasteiger partial charge in [-0.2, -0.15) is 0 Å². The van der Waals surface area contributed by atoms with Gasteiger partial charge >= 0.3 is 0 Å². The van der Waals surface area contributed by atoms with Crippen LogP contribution in [0.25, 0.3) is 0 Å². The molecule has 0 heterocycles. The van der Waals surface area contributed by atoms with Crippen LogP contribution in [0.1, 0.15) is 53.4 Å². The van der Waals surface area contributed by atoms with Crippen molar-refractivity contribution in [1.29, 1.82) is 0 Å². The van der Waals surface area contributed by atoms with Gasteiger partial charge in [0.15, 0.2) is 5.78 Å². The molecule has 0 N–H and O–H groups in total. The van der Waals surface area contributed by atoms with Gasteiger partial charge in [-0.15, -0.1) is 0 Å². The van der Waals surface area contributed by atoms with E-state index in [0.717, 1.165) is 25.7 Å². The van der Waals surface area contributed by atoms with Gasteiger partial charge in [0.05, 0.1) is 5.54 Å². The Hall–Kier alpha value is -0.370. The summed E-state index contributed by atoms with van der Waals surface area (Å²) in [4.78, 5) is 14.6. The molecule has 0 saturated carbocycles. The van der Waals surface area contributed by atoms with Gasteiger partial charge in [0.1, 0.15) is 0 Å². The van der Waals surface area contributed by atoms with Crippen molar-refractivity contribution in [2.45, 2.75) is 58.9 Å². The molecule has 0 atom stereocenters. The molecular weight excluding hydrogens is 186 g/mol. The second-order valence-corrected chi connectivity index (χ2v) is 4.51. The van der Waals surface area contributed by atoms with Gasteiger partial charge in [-0.25, -0.2) is 0 Å². The first-order valence-corrected chi connectivity index (χ1v) is 6.21. The molecule has 0 spiro atoms. The van der Waals surface area contributed by atoms with Gasteiger partial charge in [-0.1, -0.05) is 27.7 Å². The van der Waals surface area contributed by atoms with Crippen LogP contribution in [0.15, 0.2) is 0 Å². The topological polar surface area (TPSA) is 20.3 Å². The van der Waals surface area contributed by atoms with Crippen molar-refractivity contribution in [2.75, 3.05) is 14.1 Å². The lowest BCUT2D eigenvalue weighted by Gasteiger charge is -2.39. The maximum absolute atomic E-state index is 12.5. The maximum Gasteiger partial charge on any atom is 0.156 e. The van der Waals surface area contributed by atoms with E-state index in [1.165, 1.54) is 0 Å². The number of rotatable bonds is 7. The Morgan fingerprint density at radius 1 is 1.07 bits per heavy atom. The van der Waals surface area contributed by atoms with Gasteiger partial charge in [0.2, 0.25) is 0 Å². The number of hydrogen-bond acceptors (Lipinski definition) is 2. The predicted octanol–water partition coefficient (Wildman–Crippen LogP) is 3.11. The highest BCUT2D eigenvalue weighted by atomic mass is 16.1. The SMILES string of the molecule is CCC(CC)C(=O)C(CC)(CC)N(C)C. The number of nitrogens with zero attached hydrogens (tertiary/aromatic N) is 1. The fraction of sp³-hybridized carbons (Fsp3) is 0.923. The second-order valence-electron chi connectivity index (χ2n) is 4.51. The molecule has 0 radical (unpaired) electrons. The zero-order chi connectivity index (χ0) is 12.1. The lowest BCUT2D eigenvalue weighted by Crippen LogP contribution is -2.52. The molecule has 2 heteroatoms. The molecule has 0 amide bonds. The molecule has 0 aromatic rings. The van der Waals surface area contributed by atoms with Crippen LogP contribution >= 0.6 is 0 Å². The zero-order valence-corrected chi connectivity index (χ0v) is 11.3. The summed E-state index contributed by atoms with van der Waals surface area (Å²) in [5.41, 5.74) is -0.239. The molecule has 2 nitrogen and oxygen atoms in total. The van der Waals surface area contributed by atoms with Crippen LogP contribution in [0.2, 0.25) is 0 Å². The van der Waals surface area contributed by atoms with Crippen molar-refractivity contribution in [3.8, 4) is 0 Å². The van der Waals surface area contributed by atoms with E-state index in [1.807, 2.05) is 14.1 Å². The first kappa shape index (κ1) is 14.6. The molecule has 0 aromatic carbocycles. The average molecular weight is 213 g/mol. The van der Waals surface area contributed by atoms with E-state index in [1.54, 1.807) is 0 Å². The third kappa shape index (κ3) is 2.81. The Morgan fingerprint density at radius 3 is 1.67 bits per heavy atom. The number of likely N-dealkylation sites (N-methyl/N-ethyl adjacent to an activating group) is 1. The average Bonchev–Trinajstić information content (AvgIpc) is 2.22. The molecule has 0 unspecified atom stereocenters. The van der Waals surface area contributed by atoms with E-state index in [4.69, 9.17) is 0 Å². The summed E-state index contributed by atoms with van der Waals surface area (Å²) in [7, 11) is 4.04.